The molecule has 18 heavy (non-hydrogen) atoms. The summed E-state index contributed by atoms with van der Waals surface area (Å²) in [5.41, 5.74) is 5.79. The minimum Gasteiger partial charge on any atom is -0.300 e. The third kappa shape index (κ3) is 8.98. The first-order valence-electron chi connectivity index (χ1n) is 6.92. The first-order valence-corrected chi connectivity index (χ1v) is 6.92. The molecule has 1 rings (SSSR count). The van der Waals surface area contributed by atoms with E-state index >= 15 is 0 Å². The fraction of sp³-hybridized carbons (Fsp3) is 0.588. The number of carbonyl (C=O) groups is 1. The second-order valence-electron chi connectivity index (χ2n) is 4.52. The van der Waals surface area contributed by atoms with Crippen LogP contribution in [0.2, 0.25) is 0 Å². The van der Waals surface area contributed by atoms with E-state index in [-0.39, 0.29) is 5.78 Å². The van der Waals surface area contributed by atoms with Crippen LogP contribution in [0.25, 0.3) is 0 Å². The lowest BCUT2D eigenvalue weighted by Gasteiger charge is -2.08. The fourth-order valence-corrected chi connectivity index (χ4v) is 1.56. The van der Waals surface area contributed by atoms with Crippen molar-refractivity contribution in [3.05, 3.63) is 34.4 Å². The Labute approximate surface area is 114 Å². The van der Waals surface area contributed by atoms with Gasteiger partial charge in [-0.05, 0) is 63.3 Å². The molecule has 0 aromatic heterocycles. The minimum atomic E-state index is 0.167. The van der Waals surface area contributed by atoms with Crippen molar-refractivity contribution >= 4 is 5.78 Å². The summed E-state index contributed by atoms with van der Waals surface area (Å²) in [7, 11) is 0. The molecule has 1 heteroatoms. The Bertz CT molecular complexity index is 347. The van der Waals surface area contributed by atoms with Gasteiger partial charge in [-0.3, -0.25) is 0 Å². The molecular formula is C17H30O. The smallest absolute Gasteiger partial charge is 0.126 e. The summed E-state index contributed by atoms with van der Waals surface area (Å²) in [5, 5.41) is 0. The van der Waals surface area contributed by atoms with Crippen molar-refractivity contribution in [3.63, 3.8) is 0 Å². The van der Waals surface area contributed by atoms with Gasteiger partial charge in [-0.25, -0.2) is 0 Å². The normalized spacial score (nSPS) is 8.67. The molecule has 0 bridgehead atoms. The van der Waals surface area contributed by atoms with Crippen LogP contribution < -0.4 is 0 Å². The second-order valence-corrected chi connectivity index (χ2v) is 4.52. The highest BCUT2D eigenvalue weighted by Gasteiger charge is 1.99. The van der Waals surface area contributed by atoms with Crippen molar-refractivity contribution in [1.82, 2.24) is 0 Å². The Kier molecular flexibility index (Phi) is 11.8. The van der Waals surface area contributed by atoms with Crippen LogP contribution in [-0.4, -0.2) is 5.78 Å². The summed E-state index contributed by atoms with van der Waals surface area (Å²) in [6, 6.07) is 4.62. The lowest BCUT2D eigenvalue weighted by molar-refractivity contribution is -0.114. The van der Waals surface area contributed by atoms with Crippen molar-refractivity contribution in [2.24, 2.45) is 0 Å². The highest BCUT2D eigenvalue weighted by atomic mass is 16.1. The van der Waals surface area contributed by atoms with Crippen LogP contribution in [0, 0.1) is 20.8 Å². The SMILES string of the molecule is CC.CC(C)=O.CCCc1cc(C)c(C)cc1C. The average molecular weight is 250 g/mol. The molecule has 0 unspecified atom stereocenters. The van der Waals surface area contributed by atoms with Crippen molar-refractivity contribution in [1.29, 1.82) is 0 Å². The Morgan fingerprint density at radius 1 is 0.944 bits per heavy atom. The largest absolute Gasteiger partial charge is 0.300 e. The molecule has 0 fully saturated rings. The predicted octanol–water partition coefficient (Wildman–Crippen LogP) is 5.19. The second kappa shape index (κ2) is 11.0. The van der Waals surface area contributed by atoms with Gasteiger partial charge in [0.2, 0.25) is 0 Å². The number of rotatable bonds is 2. The number of benzene rings is 1. The van der Waals surface area contributed by atoms with Crippen LogP contribution >= 0.6 is 0 Å². The van der Waals surface area contributed by atoms with Crippen LogP contribution in [0.4, 0.5) is 0 Å². The zero-order valence-corrected chi connectivity index (χ0v) is 13.5. The molecule has 1 aromatic carbocycles. The van der Waals surface area contributed by atoms with Crippen LogP contribution in [-0.2, 0) is 11.2 Å². The fourth-order valence-electron chi connectivity index (χ4n) is 1.56. The Hall–Kier alpha value is -1.11. The maximum absolute atomic E-state index is 9.44. The Morgan fingerprint density at radius 3 is 1.72 bits per heavy atom. The van der Waals surface area contributed by atoms with Gasteiger partial charge in [0.1, 0.15) is 5.78 Å². The molecule has 104 valence electrons. The molecule has 0 saturated heterocycles. The van der Waals surface area contributed by atoms with Crippen LogP contribution in [0.3, 0.4) is 0 Å². The van der Waals surface area contributed by atoms with Gasteiger partial charge in [0.15, 0.2) is 0 Å². The van der Waals surface area contributed by atoms with Gasteiger partial charge in [-0.2, -0.15) is 0 Å². The van der Waals surface area contributed by atoms with Gasteiger partial charge in [0.25, 0.3) is 0 Å². The van der Waals surface area contributed by atoms with E-state index in [1.807, 2.05) is 13.8 Å². The monoisotopic (exact) mass is 250 g/mol. The van der Waals surface area contributed by atoms with E-state index in [9.17, 15) is 4.79 Å². The molecule has 1 aromatic rings. The molecule has 0 heterocycles. The van der Waals surface area contributed by atoms with Gasteiger partial charge in [0.05, 0.1) is 0 Å². The minimum absolute atomic E-state index is 0.167. The van der Waals surface area contributed by atoms with E-state index < -0.39 is 0 Å². The standard InChI is InChI=1S/C12H18.C3H6O.C2H6/c1-5-6-12-8-10(3)9(2)7-11(12)4;1-3(2)4;1-2/h7-8H,5-6H2,1-4H3;1-2H3;1-2H3. The van der Waals surface area contributed by atoms with Crippen molar-refractivity contribution in [2.45, 2.75) is 68.2 Å². The molecule has 0 radical (unpaired) electrons. The van der Waals surface area contributed by atoms with Crippen molar-refractivity contribution < 1.29 is 4.79 Å². The maximum Gasteiger partial charge on any atom is 0.126 e. The summed E-state index contributed by atoms with van der Waals surface area (Å²) in [4.78, 5) is 9.44. The summed E-state index contributed by atoms with van der Waals surface area (Å²) in [5.74, 6) is 0.167. The molecule has 0 aliphatic carbocycles. The molecular weight excluding hydrogens is 220 g/mol. The predicted molar refractivity (Wildman–Crippen MR) is 82.4 cm³/mol. The van der Waals surface area contributed by atoms with Crippen LogP contribution in [0.5, 0.6) is 0 Å². The average Bonchev–Trinajstić information content (AvgIpc) is 2.28. The Balaban J connectivity index is 0. The van der Waals surface area contributed by atoms with Crippen LogP contribution in [0.15, 0.2) is 12.1 Å². The summed E-state index contributed by atoms with van der Waals surface area (Å²) in [6.45, 7) is 15.9. The number of aryl methyl sites for hydroxylation is 4. The van der Waals surface area contributed by atoms with E-state index in [4.69, 9.17) is 0 Å². The van der Waals surface area contributed by atoms with Gasteiger partial charge >= 0.3 is 0 Å². The number of Topliss-reactive ketones (excluding diaryl/α,β-unsaturated/α-hetero) is 1. The zero-order chi connectivity index (χ0) is 14.7. The van der Waals surface area contributed by atoms with Crippen molar-refractivity contribution in [2.75, 3.05) is 0 Å². The number of hydrogen-bond donors (Lipinski definition) is 0. The molecule has 0 spiro atoms. The molecule has 0 aliphatic heterocycles. The molecule has 0 aliphatic rings. The number of carbonyl (C=O) groups excluding carboxylic acids is 1. The van der Waals surface area contributed by atoms with E-state index in [0.717, 1.165) is 0 Å². The molecule has 0 atom stereocenters. The van der Waals surface area contributed by atoms with Gasteiger partial charge in [-0.1, -0.05) is 39.3 Å². The number of hydrogen-bond acceptors (Lipinski definition) is 1. The van der Waals surface area contributed by atoms with Gasteiger partial charge in [-0.15, -0.1) is 0 Å². The Morgan fingerprint density at radius 2 is 1.33 bits per heavy atom. The van der Waals surface area contributed by atoms with Crippen LogP contribution in [0.1, 0.15) is 63.3 Å². The summed E-state index contributed by atoms with van der Waals surface area (Å²) < 4.78 is 0. The summed E-state index contributed by atoms with van der Waals surface area (Å²) >= 11 is 0. The highest BCUT2D eigenvalue weighted by molar-refractivity contribution is 5.72. The van der Waals surface area contributed by atoms with Crippen molar-refractivity contribution in [3.8, 4) is 0 Å². The molecule has 0 saturated carbocycles. The van der Waals surface area contributed by atoms with E-state index in [2.05, 4.69) is 39.8 Å². The first-order chi connectivity index (χ1) is 8.38. The number of ketones is 1. The molecule has 0 N–H and O–H groups in total. The van der Waals surface area contributed by atoms with Gasteiger partial charge < -0.3 is 4.79 Å². The third-order valence-corrected chi connectivity index (χ3v) is 2.47. The van der Waals surface area contributed by atoms with E-state index in [1.54, 1.807) is 0 Å². The molecule has 1 nitrogen and oxygen atoms in total. The van der Waals surface area contributed by atoms with E-state index in [1.165, 1.54) is 48.9 Å². The lowest BCUT2D eigenvalue weighted by Crippen LogP contribution is -1.92. The maximum atomic E-state index is 9.44. The van der Waals surface area contributed by atoms with E-state index in [0.29, 0.717) is 0 Å². The quantitative estimate of drug-likeness (QED) is 0.706. The summed E-state index contributed by atoms with van der Waals surface area (Å²) in [6.07, 6.45) is 2.45. The first kappa shape index (κ1) is 19.2. The highest BCUT2D eigenvalue weighted by Crippen LogP contribution is 2.16. The third-order valence-electron chi connectivity index (χ3n) is 2.47. The molecule has 0 amide bonds. The van der Waals surface area contributed by atoms with Gasteiger partial charge in [0, 0.05) is 0 Å². The zero-order valence-electron chi connectivity index (χ0n) is 13.5. The lowest BCUT2D eigenvalue weighted by atomic mass is 9.98. The topological polar surface area (TPSA) is 17.1 Å².